The smallest absolute Gasteiger partial charge is 0.334 e. The molecule has 1 unspecified atom stereocenters. The standard InChI is InChI=1S/C17H26O8/c1-6-8-16(5,11(10(3)4)12(18)25-9-7-2)17(13(19)20,14(21)22)15(23)24/h6-9H2,1-5H3,(H,19,20)(H,21,22)(H,23,24). The molecule has 1 atom stereocenters. The van der Waals surface area contributed by atoms with Crippen LogP contribution in [0.1, 0.15) is 53.9 Å². The summed E-state index contributed by atoms with van der Waals surface area (Å²) in [7, 11) is 0. The zero-order valence-electron chi connectivity index (χ0n) is 15.2. The SMILES string of the molecule is CCCOC(=O)C(=C(C)C)C(C)(CCC)C(C(=O)O)(C(=O)O)C(=O)O. The van der Waals surface area contributed by atoms with E-state index in [9.17, 15) is 34.5 Å². The highest BCUT2D eigenvalue weighted by Gasteiger charge is 2.68. The van der Waals surface area contributed by atoms with Crippen molar-refractivity contribution in [1.29, 1.82) is 0 Å². The number of allylic oxidation sites excluding steroid dienone is 1. The summed E-state index contributed by atoms with van der Waals surface area (Å²) in [5.74, 6) is -7.01. The lowest BCUT2D eigenvalue weighted by Crippen LogP contribution is -2.59. The zero-order valence-corrected chi connectivity index (χ0v) is 15.2. The van der Waals surface area contributed by atoms with Crippen molar-refractivity contribution in [1.82, 2.24) is 0 Å². The molecule has 8 heteroatoms. The molecule has 0 radical (unpaired) electrons. The number of esters is 1. The number of carboxylic acids is 3. The molecule has 142 valence electrons. The Balaban J connectivity index is 6.84. The summed E-state index contributed by atoms with van der Waals surface area (Å²) in [5, 5.41) is 28.7. The van der Waals surface area contributed by atoms with Gasteiger partial charge in [-0.15, -0.1) is 0 Å². The maximum absolute atomic E-state index is 12.5. The van der Waals surface area contributed by atoms with Crippen LogP contribution in [0.15, 0.2) is 11.1 Å². The zero-order chi connectivity index (χ0) is 20.0. The number of hydrogen-bond acceptors (Lipinski definition) is 5. The van der Waals surface area contributed by atoms with E-state index in [4.69, 9.17) is 4.74 Å². The van der Waals surface area contributed by atoms with Crippen molar-refractivity contribution in [2.75, 3.05) is 6.61 Å². The fourth-order valence-electron chi connectivity index (χ4n) is 3.23. The molecule has 0 aromatic rings. The van der Waals surface area contributed by atoms with E-state index in [1.165, 1.54) is 20.8 Å². The van der Waals surface area contributed by atoms with E-state index in [0.29, 0.717) is 12.0 Å². The molecule has 0 saturated heterocycles. The number of hydrogen-bond donors (Lipinski definition) is 3. The fourth-order valence-corrected chi connectivity index (χ4v) is 3.23. The number of ether oxygens (including phenoxy) is 1. The van der Waals surface area contributed by atoms with Crippen LogP contribution in [0.3, 0.4) is 0 Å². The molecule has 3 N–H and O–H groups in total. The first-order valence-electron chi connectivity index (χ1n) is 8.00. The minimum absolute atomic E-state index is 0.0536. The minimum Gasteiger partial charge on any atom is -0.480 e. The Labute approximate surface area is 146 Å². The van der Waals surface area contributed by atoms with Crippen LogP contribution in [0.5, 0.6) is 0 Å². The Morgan fingerprint density at radius 1 is 0.880 bits per heavy atom. The van der Waals surface area contributed by atoms with Gasteiger partial charge in [-0.05, 0) is 26.7 Å². The number of carbonyl (C=O) groups excluding carboxylic acids is 1. The first kappa shape index (κ1) is 22.6. The van der Waals surface area contributed by atoms with Gasteiger partial charge in [-0.1, -0.05) is 32.8 Å². The van der Waals surface area contributed by atoms with Gasteiger partial charge in [0, 0.05) is 11.0 Å². The van der Waals surface area contributed by atoms with Gasteiger partial charge < -0.3 is 20.1 Å². The molecular formula is C17H26O8. The van der Waals surface area contributed by atoms with Crippen molar-refractivity contribution in [3.63, 3.8) is 0 Å². The Hall–Kier alpha value is -2.38. The molecule has 0 rings (SSSR count). The predicted molar refractivity (Wildman–Crippen MR) is 88.0 cm³/mol. The Kier molecular flexibility index (Phi) is 7.82. The molecule has 0 saturated carbocycles. The minimum atomic E-state index is -3.22. The summed E-state index contributed by atoms with van der Waals surface area (Å²) >= 11 is 0. The highest BCUT2D eigenvalue weighted by Crippen LogP contribution is 2.51. The predicted octanol–water partition coefficient (Wildman–Crippen LogP) is 2.32. The third-order valence-corrected chi connectivity index (χ3v) is 4.23. The Morgan fingerprint density at radius 2 is 1.32 bits per heavy atom. The summed E-state index contributed by atoms with van der Waals surface area (Å²) in [6.07, 6.45) is 0.637. The number of carbonyl (C=O) groups is 4. The molecule has 0 aliphatic carbocycles. The van der Waals surface area contributed by atoms with E-state index in [2.05, 4.69) is 0 Å². The number of aliphatic carboxylic acids is 3. The van der Waals surface area contributed by atoms with Gasteiger partial charge in [0.05, 0.1) is 6.61 Å². The largest absolute Gasteiger partial charge is 0.480 e. The van der Waals surface area contributed by atoms with Gasteiger partial charge in [-0.25, -0.2) is 4.79 Å². The summed E-state index contributed by atoms with van der Waals surface area (Å²) in [5.41, 5.74) is -5.14. The van der Waals surface area contributed by atoms with Crippen molar-refractivity contribution in [3.05, 3.63) is 11.1 Å². The van der Waals surface area contributed by atoms with E-state index in [1.807, 2.05) is 0 Å². The average Bonchev–Trinajstić information content (AvgIpc) is 2.43. The van der Waals surface area contributed by atoms with Crippen molar-refractivity contribution in [3.8, 4) is 0 Å². The van der Waals surface area contributed by atoms with E-state index < -0.39 is 34.7 Å². The second-order valence-electron chi connectivity index (χ2n) is 6.26. The Morgan fingerprint density at radius 3 is 1.60 bits per heavy atom. The second-order valence-corrected chi connectivity index (χ2v) is 6.26. The lowest BCUT2D eigenvalue weighted by atomic mass is 9.57. The van der Waals surface area contributed by atoms with E-state index in [0.717, 1.165) is 0 Å². The van der Waals surface area contributed by atoms with E-state index >= 15 is 0 Å². The van der Waals surface area contributed by atoms with Crippen molar-refractivity contribution < 1.29 is 39.2 Å². The van der Waals surface area contributed by atoms with Crippen LogP contribution in [0.4, 0.5) is 0 Å². The van der Waals surface area contributed by atoms with Gasteiger partial charge in [-0.3, -0.25) is 14.4 Å². The molecule has 0 fully saturated rings. The molecule has 0 aromatic heterocycles. The first-order chi connectivity index (χ1) is 11.4. The average molecular weight is 358 g/mol. The highest BCUT2D eigenvalue weighted by molar-refractivity contribution is 6.18. The van der Waals surface area contributed by atoms with Crippen LogP contribution in [-0.4, -0.2) is 45.8 Å². The van der Waals surface area contributed by atoms with Gasteiger partial charge in [-0.2, -0.15) is 0 Å². The molecule has 0 bridgehead atoms. The quantitative estimate of drug-likeness (QED) is 0.307. The normalized spacial score (nSPS) is 13.5. The van der Waals surface area contributed by atoms with Crippen LogP contribution in [0.25, 0.3) is 0 Å². The summed E-state index contributed by atoms with van der Waals surface area (Å²) in [4.78, 5) is 48.1. The summed E-state index contributed by atoms with van der Waals surface area (Å²) < 4.78 is 5.07. The summed E-state index contributed by atoms with van der Waals surface area (Å²) in [6, 6.07) is 0. The lowest BCUT2D eigenvalue weighted by molar-refractivity contribution is -0.185. The van der Waals surface area contributed by atoms with Gasteiger partial charge in [0.1, 0.15) is 0 Å². The molecular weight excluding hydrogens is 332 g/mol. The molecule has 8 nitrogen and oxygen atoms in total. The first-order valence-corrected chi connectivity index (χ1v) is 8.00. The van der Waals surface area contributed by atoms with Crippen LogP contribution in [-0.2, 0) is 23.9 Å². The molecule has 0 heterocycles. The van der Waals surface area contributed by atoms with Crippen molar-refractivity contribution in [2.24, 2.45) is 10.8 Å². The summed E-state index contributed by atoms with van der Waals surface area (Å²) in [6.45, 7) is 7.63. The maximum Gasteiger partial charge on any atom is 0.334 e. The maximum atomic E-state index is 12.5. The fraction of sp³-hybridized carbons (Fsp3) is 0.647. The highest BCUT2D eigenvalue weighted by atomic mass is 16.5. The van der Waals surface area contributed by atoms with Gasteiger partial charge in [0.25, 0.3) is 5.41 Å². The van der Waals surface area contributed by atoms with Crippen molar-refractivity contribution >= 4 is 23.9 Å². The molecule has 0 amide bonds. The topological polar surface area (TPSA) is 138 Å². The molecule has 0 aromatic carbocycles. The molecule has 0 spiro atoms. The van der Waals surface area contributed by atoms with Crippen LogP contribution in [0, 0.1) is 10.8 Å². The van der Waals surface area contributed by atoms with Crippen LogP contribution < -0.4 is 0 Å². The monoisotopic (exact) mass is 358 g/mol. The van der Waals surface area contributed by atoms with E-state index in [1.54, 1.807) is 13.8 Å². The lowest BCUT2D eigenvalue weighted by Gasteiger charge is -2.41. The third-order valence-electron chi connectivity index (χ3n) is 4.23. The van der Waals surface area contributed by atoms with Crippen molar-refractivity contribution in [2.45, 2.75) is 53.9 Å². The second kappa shape index (κ2) is 8.64. The van der Waals surface area contributed by atoms with Gasteiger partial charge >= 0.3 is 23.9 Å². The van der Waals surface area contributed by atoms with Gasteiger partial charge in [0.2, 0.25) is 0 Å². The Bertz CT molecular complexity index is 549. The van der Waals surface area contributed by atoms with Crippen LogP contribution in [0.2, 0.25) is 0 Å². The molecule has 0 aliphatic rings. The number of rotatable bonds is 10. The molecule has 0 aliphatic heterocycles. The third kappa shape index (κ3) is 3.83. The number of carboxylic acid groups (broad SMARTS) is 3. The molecule has 25 heavy (non-hydrogen) atoms. The van der Waals surface area contributed by atoms with Gasteiger partial charge in [0.15, 0.2) is 0 Å². The van der Waals surface area contributed by atoms with E-state index in [-0.39, 0.29) is 25.0 Å². The van der Waals surface area contributed by atoms with Crippen LogP contribution >= 0.6 is 0 Å².